The maximum Gasteiger partial charge on any atom is 0.178 e. The highest BCUT2D eigenvalue weighted by Gasteiger charge is 2.27. The Bertz CT molecular complexity index is 568. The summed E-state index contributed by atoms with van der Waals surface area (Å²) >= 11 is 0. The second-order valence-corrected chi connectivity index (χ2v) is 5.06. The lowest BCUT2D eigenvalue weighted by atomic mass is 10.2. The lowest BCUT2D eigenvalue weighted by Crippen LogP contribution is -2.31. The molecule has 0 saturated heterocycles. The first-order valence-electron chi connectivity index (χ1n) is 6.35. The summed E-state index contributed by atoms with van der Waals surface area (Å²) in [6, 6.07) is 7.91. The largest absolute Gasteiger partial charge is 0.378 e. The highest BCUT2D eigenvalue weighted by molar-refractivity contribution is 6.69. The lowest BCUT2D eigenvalue weighted by molar-refractivity contribution is 0.535. The van der Waals surface area contributed by atoms with Gasteiger partial charge in [0.25, 0.3) is 0 Å². The lowest BCUT2D eigenvalue weighted by Gasteiger charge is -2.13. The third-order valence-electron chi connectivity index (χ3n) is 3.04. The van der Waals surface area contributed by atoms with E-state index in [0.717, 1.165) is 11.4 Å². The van der Waals surface area contributed by atoms with Crippen LogP contribution in [0.5, 0.6) is 0 Å². The number of hydrazone groups is 1. The van der Waals surface area contributed by atoms with Crippen molar-refractivity contribution in [1.29, 1.82) is 5.41 Å². The van der Waals surface area contributed by atoms with Crippen LogP contribution in [0.3, 0.4) is 0 Å². The first-order chi connectivity index (χ1) is 9.40. The molecule has 0 aliphatic carbocycles. The quantitative estimate of drug-likeness (QED) is 0.890. The van der Waals surface area contributed by atoms with Gasteiger partial charge >= 0.3 is 0 Å². The number of nitrogens with zero attached hydrogens (tertiary/aromatic N) is 5. The van der Waals surface area contributed by atoms with Gasteiger partial charge in [0.15, 0.2) is 17.4 Å². The third kappa shape index (κ3) is 2.64. The fourth-order valence-electron chi connectivity index (χ4n) is 1.86. The van der Waals surface area contributed by atoms with E-state index in [1.54, 1.807) is 7.05 Å². The van der Waals surface area contributed by atoms with E-state index in [4.69, 9.17) is 5.41 Å². The zero-order chi connectivity index (χ0) is 14.9. The molecule has 2 rings (SSSR count). The van der Waals surface area contributed by atoms with E-state index >= 15 is 0 Å². The summed E-state index contributed by atoms with van der Waals surface area (Å²) < 4.78 is 0. The molecule has 0 amide bonds. The van der Waals surface area contributed by atoms with Crippen molar-refractivity contribution in [2.45, 2.75) is 0 Å². The van der Waals surface area contributed by atoms with Crippen molar-refractivity contribution < 1.29 is 0 Å². The summed E-state index contributed by atoms with van der Waals surface area (Å²) in [7, 11) is 9.55. The van der Waals surface area contributed by atoms with E-state index in [1.165, 1.54) is 5.01 Å². The van der Waals surface area contributed by atoms with Crippen LogP contribution in [0.4, 0.5) is 11.4 Å². The predicted molar refractivity (Wildman–Crippen MR) is 84.5 cm³/mol. The van der Waals surface area contributed by atoms with E-state index in [-0.39, 0.29) is 0 Å². The molecule has 0 spiro atoms. The Morgan fingerprint density at radius 3 is 2.15 bits per heavy atom. The van der Waals surface area contributed by atoms with Crippen LogP contribution < -0.4 is 4.90 Å². The van der Waals surface area contributed by atoms with Crippen molar-refractivity contribution in [2.24, 2.45) is 10.1 Å². The minimum absolute atomic E-state index is 0.311. The van der Waals surface area contributed by atoms with E-state index in [1.807, 2.05) is 62.3 Å². The SMILES string of the molecule is CN(C)C1=NN(C)C(=N)C1=Nc1ccc(N(C)C)cc1. The average Bonchev–Trinajstić information content (AvgIpc) is 2.68. The number of hydrogen-bond acceptors (Lipinski definition) is 5. The van der Waals surface area contributed by atoms with E-state index in [2.05, 4.69) is 10.1 Å². The van der Waals surface area contributed by atoms with Crippen molar-refractivity contribution in [1.82, 2.24) is 9.91 Å². The van der Waals surface area contributed by atoms with Gasteiger partial charge in [-0.3, -0.25) is 5.41 Å². The summed E-state index contributed by atoms with van der Waals surface area (Å²) in [6.45, 7) is 0. The van der Waals surface area contributed by atoms with Gasteiger partial charge in [0.05, 0.1) is 5.69 Å². The minimum atomic E-state index is 0.311. The van der Waals surface area contributed by atoms with Crippen LogP contribution in [0.1, 0.15) is 0 Å². The van der Waals surface area contributed by atoms with Crippen molar-refractivity contribution in [3.63, 3.8) is 0 Å². The summed E-state index contributed by atoms with van der Waals surface area (Å²) in [5.74, 6) is 1.01. The van der Waals surface area contributed by atoms with Gasteiger partial charge in [-0.25, -0.2) is 10.0 Å². The molecular weight excluding hydrogens is 252 g/mol. The minimum Gasteiger partial charge on any atom is -0.378 e. The van der Waals surface area contributed by atoms with E-state index in [0.29, 0.717) is 17.4 Å². The first kappa shape index (κ1) is 14.0. The highest BCUT2D eigenvalue weighted by atomic mass is 15.5. The Balaban J connectivity index is 2.34. The Morgan fingerprint density at radius 2 is 1.65 bits per heavy atom. The molecule has 0 aromatic heterocycles. The zero-order valence-electron chi connectivity index (χ0n) is 12.5. The van der Waals surface area contributed by atoms with Crippen molar-refractivity contribution in [3.05, 3.63) is 24.3 Å². The van der Waals surface area contributed by atoms with Crippen LogP contribution in [0.25, 0.3) is 0 Å². The molecule has 106 valence electrons. The molecule has 1 aromatic carbocycles. The fraction of sp³-hybridized carbons (Fsp3) is 0.357. The Morgan fingerprint density at radius 1 is 1.05 bits per heavy atom. The topological polar surface area (TPSA) is 58.3 Å². The molecule has 0 atom stereocenters. The predicted octanol–water partition coefficient (Wildman–Crippen LogP) is 1.62. The highest BCUT2D eigenvalue weighted by Crippen LogP contribution is 2.20. The van der Waals surface area contributed by atoms with Crippen molar-refractivity contribution >= 4 is 28.8 Å². The zero-order valence-corrected chi connectivity index (χ0v) is 12.5. The molecule has 1 heterocycles. The van der Waals surface area contributed by atoms with Gasteiger partial charge in [0.2, 0.25) is 0 Å². The van der Waals surface area contributed by atoms with Gasteiger partial charge in [0, 0.05) is 40.9 Å². The van der Waals surface area contributed by atoms with Crippen LogP contribution in [0.2, 0.25) is 0 Å². The summed E-state index contributed by atoms with van der Waals surface area (Å²) in [6.07, 6.45) is 0. The second-order valence-electron chi connectivity index (χ2n) is 5.06. The molecule has 0 saturated carbocycles. The van der Waals surface area contributed by atoms with Crippen LogP contribution >= 0.6 is 0 Å². The molecule has 0 bridgehead atoms. The normalized spacial score (nSPS) is 16.6. The maximum atomic E-state index is 8.04. The number of rotatable bonds is 2. The molecule has 20 heavy (non-hydrogen) atoms. The average molecular weight is 272 g/mol. The Kier molecular flexibility index (Phi) is 3.74. The smallest absolute Gasteiger partial charge is 0.178 e. The van der Waals surface area contributed by atoms with Gasteiger partial charge in [-0.15, -0.1) is 0 Å². The maximum absolute atomic E-state index is 8.04. The van der Waals surface area contributed by atoms with Crippen LogP contribution in [0, 0.1) is 5.41 Å². The molecule has 1 aliphatic rings. The van der Waals surface area contributed by atoms with Gasteiger partial charge in [-0.05, 0) is 24.3 Å². The van der Waals surface area contributed by atoms with Crippen molar-refractivity contribution in [3.8, 4) is 0 Å². The molecule has 6 nitrogen and oxygen atoms in total. The first-order valence-corrected chi connectivity index (χ1v) is 6.35. The van der Waals surface area contributed by atoms with E-state index < -0.39 is 0 Å². The summed E-state index contributed by atoms with van der Waals surface area (Å²) in [5.41, 5.74) is 2.53. The number of amidine groups is 2. The number of hydrogen-bond donors (Lipinski definition) is 1. The molecule has 0 radical (unpaired) electrons. The summed E-state index contributed by atoms with van der Waals surface area (Å²) in [4.78, 5) is 8.45. The molecule has 0 unspecified atom stereocenters. The van der Waals surface area contributed by atoms with E-state index in [9.17, 15) is 0 Å². The summed E-state index contributed by atoms with van der Waals surface area (Å²) in [5, 5.41) is 13.9. The number of aliphatic imine (C=N–C) groups is 1. The van der Waals surface area contributed by atoms with Gasteiger partial charge < -0.3 is 9.80 Å². The monoisotopic (exact) mass is 272 g/mol. The molecule has 6 heteroatoms. The molecule has 1 aliphatic heterocycles. The molecule has 1 N–H and O–H groups in total. The second kappa shape index (κ2) is 5.32. The van der Waals surface area contributed by atoms with Gasteiger partial charge in [-0.2, -0.15) is 5.10 Å². The Labute approximate surface area is 119 Å². The molecule has 1 aromatic rings. The Hall–Kier alpha value is -2.37. The molecule has 0 fully saturated rings. The van der Waals surface area contributed by atoms with Crippen molar-refractivity contribution in [2.75, 3.05) is 40.1 Å². The number of nitrogens with one attached hydrogen (secondary N) is 1. The number of benzene rings is 1. The van der Waals surface area contributed by atoms with Crippen LogP contribution in [-0.2, 0) is 0 Å². The van der Waals surface area contributed by atoms with Crippen LogP contribution in [0.15, 0.2) is 34.4 Å². The third-order valence-corrected chi connectivity index (χ3v) is 3.04. The van der Waals surface area contributed by atoms with Gasteiger partial charge in [0.1, 0.15) is 0 Å². The van der Waals surface area contributed by atoms with Crippen LogP contribution in [-0.4, -0.2) is 62.5 Å². The fourth-order valence-corrected chi connectivity index (χ4v) is 1.86. The molecular formula is C14H20N6. The number of anilines is 1. The van der Waals surface area contributed by atoms with Gasteiger partial charge in [-0.1, -0.05) is 0 Å². The standard InChI is InChI=1S/C14H20N6/c1-18(2)11-8-6-10(7-9-11)16-12-13(15)20(5)17-14(12)19(3)4/h6-9,15H,1-5H3.